The second-order valence-electron chi connectivity index (χ2n) is 6.83. The predicted octanol–water partition coefficient (Wildman–Crippen LogP) is 1.71. The summed E-state index contributed by atoms with van der Waals surface area (Å²) in [6.07, 6.45) is 5.19. The molecule has 2 fully saturated rings. The predicted molar refractivity (Wildman–Crippen MR) is 82.7 cm³/mol. The average molecular weight is 281 g/mol. The topological polar surface area (TPSA) is 35.6 Å². The number of nitrogens with one attached hydrogen (secondary N) is 1. The standard InChI is InChI=1S/C16H31N3O/c1-13(2)12-17-16(20)14(3)18-10-6-15(7-11-18)19-8-4-5-9-19/h13-15H,4-12H2,1-3H3,(H,17,20)/t14-/m0/s1. The Morgan fingerprint density at radius 2 is 1.70 bits per heavy atom. The van der Waals surface area contributed by atoms with Crippen LogP contribution >= 0.6 is 0 Å². The summed E-state index contributed by atoms with van der Waals surface area (Å²) in [5.74, 6) is 0.713. The Morgan fingerprint density at radius 3 is 2.25 bits per heavy atom. The Morgan fingerprint density at radius 1 is 1.10 bits per heavy atom. The van der Waals surface area contributed by atoms with Crippen molar-refractivity contribution in [2.45, 2.75) is 58.5 Å². The summed E-state index contributed by atoms with van der Waals surface area (Å²) in [4.78, 5) is 17.1. The van der Waals surface area contributed by atoms with Gasteiger partial charge in [-0.15, -0.1) is 0 Å². The average Bonchev–Trinajstić information content (AvgIpc) is 2.98. The van der Waals surface area contributed by atoms with Gasteiger partial charge in [-0.2, -0.15) is 0 Å². The first kappa shape index (κ1) is 15.8. The van der Waals surface area contributed by atoms with Gasteiger partial charge in [-0.3, -0.25) is 9.69 Å². The monoisotopic (exact) mass is 281 g/mol. The summed E-state index contributed by atoms with van der Waals surface area (Å²) in [6.45, 7) is 11.8. The molecule has 2 saturated heterocycles. The van der Waals surface area contributed by atoms with E-state index in [0.29, 0.717) is 5.92 Å². The van der Waals surface area contributed by atoms with E-state index in [1.807, 2.05) is 6.92 Å². The third-order valence-corrected chi connectivity index (χ3v) is 4.77. The van der Waals surface area contributed by atoms with Crippen LogP contribution in [-0.2, 0) is 4.79 Å². The van der Waals surface area contributed by atoms with Gasteiger partial charge in [0.25, 0.3) is 0 Å². The number of carbonyl (C=O) groups is 1. The molecule has 20 heavy (non-hydrogen) atoms. The first-order chi connectivity index (χ1) is 9.58. The van der Waals surface area contributed by atoms with Crippen LogP contribution in [0.3, 0.4) is 0 Å². The SMILES string of the molecule is CC(C)CNC(=O)[C@H](C)N1CCC(N2CCCC2)CC1. The van der Waals surface area contributed by atoms with Gasteiger partial charge in [0, 0.05) is 25.7 Å². The number of piperidine rings is 1. The number of hydrogen-bond donors (Lipinski definition) is 1. The molecule has 2 rings (SSSR count). The van der Waals surface area contributed by atoms with Crippen LogP contribution in [0.2, 0.25) is 0 Å². The molecule has 2 aliphatic rings. The van der Waals surface area contributed by atoms with Crippen molar-refractivity contribution in [1.82, 2.24) is 15.1 Å². The maximum absolute atomic E-state index is 12.1. The molecule has 0 aromatic heterocycles. The Kier molecular flexibility index (Phi) is 5.85. The lowest BCUT2D eigenvalue weighted by atomic mass is 10.0. The van der Waals surface area contributed by atoms with Crippen molar-refractivity contribution in [2.75, 3.05) is 32.7 Å². The first-order valence-electron chi connectivity index (χ1n) is 8.33. The van der Waals surface area contributed by atoms with Gasteiger partial charge in [0.2, 0.25) is 5.91 Å². The highest BCUT2D eigenvalue weighted by atomic mass is 16.2. The lowest BCUT2D eigenvalue weighted by Gasteiger charge is -2.38. The van der Waals surface area contributed by atoms with Crippen LogP contribution in [0.5, 0.6) is 0 Å². The lowest BCUT2D eigenvalue weighted by molar-refractivity contribution is -0.126. The normalized spacial score (nSPS) is 24.2. The quantitative estimate of drug-likeness (QED) is 0.833. The molecule has 0 aliphatic carbocycles. The van der Waals surface area contributed by atoms with E-state index in [1.165, 1.54) is 38.8 Å². The van der Waals surface area contributed by atoms with Gasteiger partial charge in [0.15, 0.2) is 0 Å². The molecule has 2 heterocycles. The molecule has 0 radical (unpaired) electrons. The van der Waals surface area contributed by atoms with E-state index in [0.717, 1.165) is 25.7 Å². The van der Waals surface area contributed by atoms with Gasteiger partial charge in [-0.1, -0.05) is 13.8 Å². The summed E-state index contributed by atoms with van der Waals surface area (Å²) in [5.41, 5.74) is 0. The molecule has 1 N–H and O–H groups in total. The molecule has 4 heteroatoms. The highest BCUT2D eigenvalue weighted by molar-refractivity contribution is 5.81. The van der Waals surface area contributed by atoms with Crippen molar-refractivity contribution in [3.63, 3.8) is 0 Å². The first-order valence-corrected chi connectivity index (χ1v) is 8.33. The number of likely N-dealkylation sites (tertiary alicyclic amines) is 2. The molecule has 4 nitrogen and oxygen atoms in total. The summed E-state index contributed by atoms with van der Waals surface area (Å²) >= 11 is 0. The van der Waals surface area contributed by atoms with Gasteiger partial charge in [-0.25, -0.2) is 0 Å². The van der Waals surface area contributed by atoms with Crippen molar-refractivity contribution in [2.24, 2.45) is 5.92 Å². The van der Waals surface area contributed by atoms with Crippen LogP contribution in [-0.4, -0.2) is 60.5 Å². The molecule has 0 saturated carbocycles. The molecule has 0 unspecified atom stereocenters. The minimum Gasteiger partial charge on any atom is -0.354 e. The minimum absolute atomic E-state index is 0.0216. The molecular formula is C16H31N3O. The van der Waals surface area contributed by atoms with Crippen LogP contribution in [0.25, 0.3) is 0 Å². The molecule has 1 atom stereocenters. The maximum atomic E-state index is 12.1. The van der Waals surface area contributed by atoms with Gasteiger partial charge < -0.3 is 10.2 Å². The third kappa shape index (κ3) is 4.19. The van der Waals surface area contributed by atoms with Crippen molar-refractivity contribution >= 4 is 5.91 Å². The van der Waals surface area contributed by atoms with Crippen LogP contribution in [0.4, 0.5) is 0 Å². The van der Waals surface area contributed by atoms with E-state index in [2.05, 4.69) is 29.0 Å². The molecule has 0 aromatic rings. The fourth-order valence-electron chi connectivity index (χ4n) is 3.36. The van der Waals surface area contributed by atoms with Gasteiger partial charge in [0.1, 0.15) is 0 Å². The second-order valence-corrected chi connectivity index (χ2v) is 6.83. The minimum atomic E-state index is 0.0216. The number of nitrogens with zero attached hydrogens (tertiary/aromatic N) is 2. The lowest BCUT2D eigenvalue weighted by Crippen LogP contribution is -2.51. The van der Waals surface area contributed by atoms with Crippen molar-refractivity contribution in [3.8, 4) is 0 Å². The fraction of sp³-hybridized carbons (Fsp3) is 0.938. The Bertz CT molecular complexity index is 305. The van der Waals surface area contributed by atoms with E-state index in [1.54, 1.807) is 0 Å². The molecular weight excluding hydrogens is 250 g/mol. The van der Waals surface area contributed by atoms with Crippen LogP contribution in [0, 0.1) is 5.92 Å². The zero-order valence-electron chi connectivity index (χ0n) is 13.4. The molecule has 1 amide bonds. The Balaban J connectivity index is 1.73. The Hall–Kier alpha value is -0.610. The summed E-state index contributed by atoms with van der Waals surface area (Å²) in [6, 6.07) is 0.785. The zero-order valence-corrected chi connectivity index (χ0v) is 13.4. The van der Waals surface area contributed by atoms with Crippen molar-refractivity contribution in [3.05, 3.63) is 0 Å². The van der Waals surface area contributed by atoms with Crippen molar-refractivity contribution < 1.29 is 4.79 Å². The maximum Gasteiger partial charge on any atom is 0.237 e. The second kappa shape index (κ2) is 7.41. The summed E-state index contributed by atoms with van der Waals surface area (Å²) in [5, 5.41) is 3.05. The van der Waals surface area contributed by atoms with E-state index < -0.39 is 0 Å². The van der Waals surface area contributed by atoms with E-state index in [-0.39, 0.29) is 11.9 Å². The van der Waals surface area contributed by atoms with Crippen LogP contribution in [0.1, 0.15) is 46.5 Å². The third-order valence-electron chi connectivity index (χ3n) is 4.77. The summed E-state index contributed by atoms with van der Waals surface area (Å²) < 4.78 is 0. The molecule has 0 spiro atoms. The smallest absolute Gasteiger partial charge is 0.237 e. The molecule has 0 bridgehead atoms. The van der Waals surface area contributed by atoms with Crippen molar-refractivity contribution in [1.29, 1.82) is 0 Å². The number of rotatable bonds is 5. The molecule has 116 valence electrons. The highest BCUT2D eigenvalue weighted by Gasteiger charge is 2.30. The molecule has 0 aromatic carbocycles. The Labute approximate surface area is 123 Å². The number of amides is 1. The van der Waals surface area contributed by atoms with Crippen LogP contribution < -0.4 is 5.32 Å². The van der Waals surface area contributed by atoms with E-state index in [4.69, 9.17) is 0 Å². The van der Waals surface area contributed by atoms with Gasteiger partial charge in [0.05, 0.1) is 6.04 Å². The number of hydrogen-bond acceptors (Lipinski definition) is 3. The zero-order chi connectivity index (χ0) is 14.5. The van der Waals surface area contributed by atoms with E-state index >= 15 is 0 Å². The fourth-order valence-corrected chi connectivity index (χ4v) is 3.36. The van der Waals surface area contributed by atoms with Crippen LogP contribution in [0.15, 0.2) is 0 Å². The largest absolute Gasteiger partial charge is 0.354 e. The molecule has 2 aliphatic heterocycles. The summed E-state index contributed by atoms with van der Waals surface area (Å²) in [7, 11) is 0. The highest BCUT2D eigenvalue weighted by Crippen LogP contribution is 2.22. The number of carbonyl (C=O) groups excluding carboxylic acids is 1. The van der Waals surface area contributed by atoms with Gasteiger partial charge in [-0.05, 0) is 51.6 Å². The van der Waals surface area contributed by atoms with E-state index in [9.17, 15) is 4.79 Å². The van der Waals surface area contributed by atoms with Gasteiger partial charge >= 0.3 is 0 Å².